The van der Waals surface area contributed by atoms with E-state index in [-0.39, 0.29) is 0 Å². The molecule has 2 N–H and O–H groups in total. The second-order valence-electron chi connectivity index (χ2n) is 7.04. The van der Waals surface area contributed by atoms with Gasteiger partial charge in [-0.1, -0.05) is 44.2 Å². The van der Waals surface area contributed by atoms with Gasteiger partial charge in [-0.25, -0.2) is 0 Å². The van der Waals surface area contributed by atoms with E-state index in [2.05, 4.69) is 44.2 Å². The quantitative estimate of drug-likeness (QED) is 0.832. The molecule has 0 aromatic heterocycles. The van der Waals surface area contributed by atoms with E-state index in [9.17, 15) is 0 Å². The van der Waals surface area contributed by atoms with Gasteiger partial charge < -0.3 is 5.73 Å². The molecule has 0 radical (unpaired) electrons. The second-order valence-corrected chi connectivity index (χ2v) is 7.04. The molecule has 2 rings (SSSR count). The molecule has 0 bridgehead atoms. The molecular formula is C18H29N. The lowest BCUT2D eigenvalue weighted by molar-refractivity contribution is 0.114. The molecule has 1 nitrogen and oxygen atoms in total. The van der Waals surface area contributed by atoms with E-state index in [1.807, 2.05) is 0 Å². The van der Waals surface area contributed by atoms with Crippen molar-refractivity contribution in [1.29, 1.82) is 0 Å². The van der Waals surface area contributed by atoms with Crippen LogP contribution in [0.2, 0.25) is 0 Å². The Kier molecular flexibility index (Phi) is 5.04. The molecule has 106 valence electrons. The Morgan fingerprint density at radius 1 is 1.16 bits per heavy atom. The lowest BCUT2D eigenvalue weighted by Gasteiger charge is -2.40. The summed E-state index contributed by atoms with van der Waals surface area (Å²) in [6.45, 7) is 5.72. The normalized spacial score (nSPS) is 26.3. The first-order valence-electron chi connectivity index (χ1n) is 7.85. The van der Waals surface area contributed by atoms with Gasteiger partial charge in [0.2, 0.25) is 0 Å². The third-order valence-electron chi connectivity index (χ3n) is 4.86. The number of hydrogen-bond acceptors (Lipinski definition) is 1. The van der Waals surface area contributed by atoms with Crippen LogP contribution < -0.4 is 5.73 Å². The van der Waals surface area contributed by atoms with E-state index in [4.69, 9.17) is 5.73 Å². The van der Waals surface area contributed by atoms with Gasteiger partial charge >= 0.3 is 0 Å². The van der Waals surface area contributed by atoms with Gasteiger partial charge in [0.25, 0.3) is 0 Å². The van der Waals surface area contributed by atoms with Gasteiger partial charge in [0.15, 0.2) is 0 Å². The molecule has 1 heteroatoms. The SMILES string of the molecule is CC1(C)CCC(CN)C(CCCc2ccccc2)C1. The van der Waals surface area contributed by atoms with E-state index in [0.29, 0.717) is 5.41 Å². The zero-order valence-electron chi connectivity index (χ0n) is 12.6. The van der Waals surface area contributed by atoms with Crippen LogP contribution in [0.1, 0.15) is 51.5 Å². The third kappa shape index (κ3) is 4.35. The fourth-order valence-corrected chi connectivity index (χ4v) is 3.65. The van der Waals surface area contributed by atoms with E-state index < -0.39 is 0 Å². The van der Waals surface area contributed by atoms with Crippen LogP contribution >= 0.6 is 0 Å². The average molecular weight is 259 g/mol. The lowest BCUT2D eigenvalue weighted by atomic mass is 9.66. The number of aryl methyl sites for hydroxylation is 1. The predicted octanol–water partition coefficient (Wildman–Crippen LogP) is 4.41. The van der Waals surface area contributed by atoms with Gasteiger partial charge in [0, 0.05) is 0 Å². The van der Waals surface area contributed by atoms with E-state index in [1.54, 1.807) is 0 Å². The van der Waals surface area contributed by atoms with Gasteiger partial charge in [-0.3, -0.25) is 0 Å². The highest BCUT2D eigenvalue weighted by atomic mass is 14.6. The summed E-state index contributed by atoms with van der Waals surface area (Å²) in [6.07, 6.45) is 7.92. The molecular weight excluding hydrogens is 230 g/mol. The Bertz CT molecular complexity index is 369. The maximum Gasteiger partial charge on any atom is -0.00462 e. The molecule has 1 fully saturated rings. The summed E-state index contributed by atoms with van der Waals surface area (Å²) in [5, 5.41) is 0. The highest BCUT2D eigenvalue weighted by molar-refractivity contribution is 5.14. The predicted molar refractivity (Wildman–Crippen MR) is 83.0 cm³/mol. The lowest BCUT2D eigenvalue weighted by Crippen LogP contribution is -2.34. The summed E-state index contributed by atoms with van der Waals surface area (Å²) >= 11 is 0. The van der Waals surface area contributed by atoms with Crippen LogP contribution in [0.15, 0.2) is 30.3 Å². The molecule has 19 heavy (non-hydrogen) atoms. The Balaban J connectivity index is 1.82. The monoisotopic (exact) mass is 259 g/mol. The number of rotatable bonds is 5. The minimum Gasteiger partial charge on any atom is -0.330 e. The molecule has 2 unspecified atom stereocenters. The van der Waals surface area contributed by atoms with Crippen molar-refractivity contribution in [2.45, 2.75) is 52.4 Å². The van der Waals surface area contributed by atoms with E-state index in [1.165, 1.54) is 44.1 Å². The molecule has 1 saturated carbocycles. The van der Waals surface area contributed by atoms with Crippen molar-refractivity contribution in [2.24, 2.45) is 23.0 Å². The highest BCUT2D eigenvalue weighted by Crippen LogP contribution is 2.43. The van der Waals surface area contributed by atoms with E-state index in [0.717, 1.165) is 18.4 Å². The molecule has 0 saturated heterocycles. The minimum absolute atomic E-state index is 0.531. The van der Waals surface area contributed by atoms with Crippen LogP contribution in [-0.2, 0) is 6.42 Å². The van der Waals surface area contributed by atoms with Crippen LogP contribution in [0.5, 0.6) is 0 Å². The Hall–Kier alpha value is -0.820. The molecule has 1 aromatic rings. The Labute approximate surface area is 118 Å². The van der Waals surface area contributed by atoms with Crippen molar-refractivity contribution >= 4 is 0 Å². The molecule has 1 aliphatic rings. The zero-order valence-corrected chi connectivity index (χ0v) is 12.6. The first-order valence-corrected chi connectivity index (χ1v) is 7.85. The Morgan fingerprint density at radius 2 is 1.89 bits per heavy atom. The number of hydrogen-bond donors (Lipinski definition) is 1. The molecule has 0 aliphatic heterocycles. The van der Waals surface area contributed by atoms with Gasteiger partial charge in [0.1, 0.15) is 0 Å². The maximum atomic E-state index is 5.97. The van der Waals surface area contributed by atoms with Gasteiger partial charge in [0.05, 0.1) is 0 Å². The molecule has 1 aromatic carbocycles. The maximum absolute atomic E-state index is 5.97. The van der Waals surface area contributed by atoms with Gasteiger partial charge in [-0.15, -0.1) is 0 Å². The summed E-state index contributed by atoms with van der Waals surface area (Å²) in [5.41, 5.74) is 7.97. The van der Waals surface area contributed by atoms with Gasteiger partial charge in [-0.05, 0) is 67.9 Å². The number of benzene rings is 1. The largest absolute Gasteiger partial charge is 0.330 e. The molecule has 1 aliphatic carbocycles. The highest BCUT2D eigenvalue weighted by Gasteiger charge is 2.33. The Morgan fingerprint density at radius 3 is 2.58 bits per heavy atom. The molecule has 0 spiro atoms. The van der Waals surface area contributed by atoms with Crippen molar-refractivity contribution < 1.29 is 0 Å². The average Bonchev–Trinajstić information content (AvgIpc) is 2.39. The summed E-state index contributed by atoms with van der Waals surface area (Å²) in [7, 11) is 0. The van der Waals surface area contributed by atoms with Crippen LogP contribution in [-0.4, -0.2) is 6.54 Å². The van der Waals surface area contributed by atoms with Crippen LogP contribution in [0, 0.1) is 17.3 Å². The van der Waals surface area contributed by atoms with Crippen LogP contribution in [0.3, 0.4) is 0 Å². The summed E-state index contributed by atoms with van der Waals surface area (Å²) in [4.78, 5) is 0. The van der Waals surface area contributed by atoms with Crippen LogP contribution in [0.4, 0.5) is 0 Å². The first kappa shape index (κ1) is 14.6. The third-order valence-corrected chi connectivity index (χ3v) is 4.86. The van der Waals surface area contributed by atoms with Crippen LogP contribution in [0.25, 0.3) is 0 Å². The molecule has 2 atom stereocenters. The fraction of sp³-hybridized carbons (Fsp3) is 0.667. The smallest absolute Gasteiger partial charge is 0.00462 e. The number of nitrogens with two attached hydrogens (primary N) is 1. The standard InChI is InChI=1S/C18H29N/c1-18(2)12-11-17(14-19)16(13-18)10-6-9-15-7-4-3-5-8-15/h3-5,7-8,16-17H,6,9-14,19H2,1-2H3. The molecule has 0 amide bonds. The molecule has 0 heterocycles. The minimum atomic E-state index is 0.531. The fourth-order valence-electron chi connectivity index (χ4n) is 3.65. The van der Waals surface area contributed by atoms with E-state index >= 15 is 0 Å². The summed E-state index contributed by atoms with van der Waals surface area (Å²) in [6, 6.07) is 10.9. The zero-order chi connectivity index (χ0) is 13.7. The summed E-state index contributed by atoms with van der Waals surface area (Å²) < 4.78 is 0. The van der Waals surface area contributed by atoms with Crippen molar-refractivity contribution in [3.63, 3.8) is 0 Å². The second kappa shape index (κ2) is 6.56. The first-order chi connectivity index (χ1) is 9.11. The summed E-state index contributed by atoms with van der Waals surface area (Å²) in [5.74, 6) is 1.61. The van der Waals surface area contributed by atoms with Crippen molar-refractivity contribution in [2.75, 3.05) is 6.54 Å². The van der Waals surface area contributed by atoms with Crippen molar-refractivity contribution in [3.05, 3.63) is 35.9 Å². The van der Waals surface area contributed by atoms with Crippen molar-refractivity contribution in [3.8, 4) is 0 Å². The van der Waals surface area contributed by atoms with Gasteiger partial charge in [-0.2, -0.15) is 0 Å². The van der Waals surface area contributed by atoms with Crippen molar-refractivity contribution in [1.82, 2.24) is 0 Å². The topological polar surface area (TPSA) is 26.0 Å².